The van der Waals surface area contributed by atoms with Crippen LogP contribution in [0, 0.1) is 6.92 Å². The molecule has 1 aromatic carbocycles. The minimum Gasteiger partial charge on any atom is -0.319 e. The third kappa shape index (κ3) is 2.82. The number of nitrogens with two attached hydrogens (primary N) is 1. The van der Waals surface area contributed by atoms with Gasteiger partial charge >= 0.3 is 0 Å². The summed E-state index contributed by atoms with van der Waals surface area (Å²) in [7, 11) is 0. The Labute approximate surface area is 114 Å². The van der Waals surface area contributed by atoms with Crippen LogP contribution < -0.4 is 5.73 Å². The average Bonchev–Trinajstić information content (AvgIpc) is 2.46. The van der Waals surface area contributed by atoms with Crippen LogP contribution in [-0.4, -0.2) is 9.97 Å². The Morgan fingerprint density at radius 2 is 1.68 bits per heavy atom. The highest BCUT2D eigenvalue weighted by molar-refractivity contribution is 5.59. The molecule has 3 nitrogen and oxygen atoms in total. The second kappa shape index (κ2) is 5.49. The predicted molar refractivity (Wildman–Crippen MR) is 78.7 cm³/mol. The van der Waals surface area contributed by atoms with Crippen molar-refractivity contribution >= 4 is 0 Å². The van der Waals surface area contributed by atoms with E-state index in [4.69, 9.17) is 5.73 Å². The fraction of sp³-hybridized carbons (Fsp3) is 0.375. The van der Waals surface area contributed by atoms with E-state index in [9.17, 15) is 0 Å². The Balaban J connectivity index is 2.52. The molecule has 0 unspecified atom stereocenters. The molecule has 3 heteroatoms. The molecule has 0 fully saturated rings. The summed E-state index contributed by atoms with van der Waals surface area (Å²) >= 11 is 0. The van der Waals surface area contributed by atoms with Crippen LogP contribution in [0.4, 0.5) is 0 Å². The zero-order valence-electron chi connectivity index (χ0n) is 11.9. The van der Waals surface area contributed by atoms with Gasteiger partial charge in [-0.05, 0) is 25.8 Å². The second-order valence-corrected chi connectivity index (χ2v) is 4.95. The topological polar surface area (TPSA) is 51.8 Å². The van der Waals surface area contributed by atoms with Crippen LogP contribution in [0.25, 0.3) is 11.3 Å². The second-order valence-electron chi connectivity index (χ2n) is 4.95. The van der Waals surface area contributed by atoms with Crippen molar-refractivity contribution in [3.63, 3.8) is 0 Å². The van der Waals surface area contributed by atoms with Gasteiger partial charge in [0.15, 0.2) is 0 Å². The van der Waals surface area contributed by atoms with Crippen LogP contribution in [0.1, 0.15) is 38.2 Å². The molecule has 0 saturated heterocycles. The Kier molecular flexibility index (Phi) is 3.96. The molecule has 0 amide bonds. The maximum Gasteiger partial charge on any atom is 0.149 e. The minimum atomic E-state index is -0.435. The van der Waals surface area contributed by atoms with Gasteiger partial charge in [0, 0.05) is 11.3 Å². The largest absolute Gasteiger partial charge is 0.319 e. The molecule has 1 heterocycles. The van der Waals surface area contributed by atoms with Crippen LogP contribution in [0.5, 0.6) is 0 Å². The zero-order chi connectivity index (χ0) is 13.9. The lowest BCUT2D eigenvalue weighted by Gasteiger charge is -2.25. The quantitative estimate of drug-likeness (QED) is 0.910. The smallest absolute Gasteiger partial charge is 0.149 e. The van der Waals surface area contributed by atoms with Crippen molar-refractivity contribution in [2.24, 2.45) is 5.73 Å². The van der Waals surface area contributed by atoms with E-state index in [1.54, 1.807) is 0 Å². The monoisotopic (exact) mass is 255 g/mol. The van der Waals surface area contributed by atoms with E-state index >= 15 is 0 Å². The molecule has 1 aromatic heterocycles. The van der Waals surface area contributed by atoms with Gasteiger partial charge in [-0.3, -0.25) is 0 Å². The standard InChI is InChI=1S/C16H21N3/c1-4-16(17,5-2)15-18-12(3)11-14(19-15)13-9-7-6-8-10-13/h6-11H,4-5,17H2,1-3H3. The van der Waals surface area contributed by atoms with Crippen LogP contribution in [0.2, 0.25) is 0 Å². The number of aromatic nitrogens is 2. The SMILES string of the molecule is CCC(N)(CC)c1nc(C)cc(-c2ccccc2)n1. The normalized spacial score (nSPS) is 11.6. The van der Waals surface area contributed by atoms with Gasteiger partial charge in [-0.2, -0.15) is 0 Å². The molecule has 2 rings (SSSR count). The lowest BCUT2D eigenvalue weighted by atomic mass is 9.93. The van der Waals surface area contributed by atoms with Crippen molar-refractivity contribution in [1.82, 2.24) is 9.97 Å². The van der Waals surface area contributed by atoms with E-state index in [1.165, 1.54) is 0 Å². The fourth-order valence-electron chi connectivity index (χ4n) is 2.11. The Bertz CT molecular complexity index is 545. The van der Waals surface area contributed by atoms with Gasteiger partial charge < -0.3 is 5.73 Å². The first-order valence-electron chi connectivity index (χ1n) is 6.79. The minimum absolute atomic E-state index is 0.435. The summed E-state index contributed by atoms with van der Waals surface area (Å²) in [5.74, 6) is 0.747. The molecule has 0 radical (unpaired) electrons. The molecule has 0 saturated carbocycles. The van der Waals surface area contributed by atoms with Crippen LogP contribution >= 0.6 is 0 Å². The van der Waals surface area contributed by atoms with E-state index < -0.39 is 5.54 Å². The highest BCUT2D eigenvalue weighted by Gasteiger charge is 2.27. The highest BCUT2D eigenvalue weighted by Crippen LogP contribution is 2.25. The fourth-order valence-corrected chi connectivity index (χ4v) is 2.11. The van der Waals surface area contributed by atoms with Gasteiger partial charge in [0.2, 0.25) is 0 Å². The molecule has 0 aliphatic rings. The molecule has 2 aromatic rings. The number of nitrogens with zero attached hydrogens (tertiary/aromatic N) is 2. The molecule has 2 N–H and O–H groups in total. The summed E-state index contributed by atoms with van der Waals surface area (Å²) in [6.45, 7) is 6.15. The lowest BCUT2D eigenvalue weighted by Crippen LogP contribution is -2.37. The summed E-state index contributed by atoms with van der Waals surface area (Å²) in [6.07, 6.45) is 1.67. The molecule has 0 aliphatic carbocycles. The molecular formula is C16H21N3. The van der Waals surface area contributed by atoms with Crippen LogP contribution in [-0.2, 0) is 5.54 Å². The van der Waals surface area contributed by atoms with Crippen molar-refractivity contribution in [3.8, 4) is 11.3 Å². The average molecular weight is 255 g/mol. The lowest BCUT2D eigenvalue weighted by molar-refractivity contribution is 0.386. The first-order valence-corrected chi connectivity index (χ1v) is 6.79. The van der Waals surface area contributed by atoms with Gasteiger partial charge in [-0.1, -0.05) is 44.2 Å². The molecular weight excluding hydrogens is 234 g/mol. The van der Waals surface area contributed by atoms with E-state index in [-0.39, 0.29) is 0 Å². The van der Waals surface area contributed by atoms with E-state index in [2.05, 4.69) is 35.9 Å². The van der Waals surface area contributed by atoms with Crippen molar-refractivity contribution in [2.75, 3.05) is 0 Å². The molecule has 100 valence electrons. The third-order valence-electron chi connectivity index (χ3n) is 3.63. The first kappa shape index (κ1) is 13.7. The number of hydrogen-bond acceptors (Lipinski definition) is 3. The van der Waals surface area contributed by atoms with Gasteiger partial charge in [0.1, 0.15) is 5.82 Å². The van der Waals surface area contributed by atoms with Crippen molar-refractivity contribution in [3.05, 3.63) is 47.9 Å². The third-order valence-corrected chi connectivity index (χ3v) is 3.63. The zero-order valence-corrected chi connectivity index (χ0v) is 11.9. The van der Waals surface area contributed by atoms with Gasteiger partial charge in [-0.15, -0.1) is 0 Å². The van der Waals surface area contributed by atoms with E-state index in [1.807, 2.05) is 31.2 Å². The van der Waals surface area contributed by atoms with Crippen molar-refractivity contribution in [2.45, 2.75) is 39.2 Å². The van der Waals surface area contributed by atoms with E-state index in [0.29, 0.717) is 0 Å². The number of benzene rings is 1. The number of rotatable bonds is 4. The number of hydrogen-bond donors (Lipinski definition) is 1. The molecule has 0 spiro atoms. The molecule has 19 heavy (non-hydrogen) atoms. The van der Waals surface area contributed by atoms with Crippen molar-refractivity contribution in [1.29, 1.82) is 0 Å². The van der Waals surface area contributed by atoms with Crippen LogP contribution in [0.3, 0.4) is 0 Å². The maximum absolute atomic E-state index is 6.41. The summed E-state index contributed by atoms with van der Waals surface area (Å²) in [5, 5.41) is 0. The summed E-state index contributed by atoms with van der Waals surface area (Å²) in [5.41, 5.74) is 8.98. The molecule has 0 atom stereocenters. The maximum atomic E-state index is 6.41. The number of aryl methyl sites for hydroxylation is 1. The summed E-state index contributed by atoms with van der Waals surface area (Å²) < 4.78 is 0. The highest BCUT2D eigenvalue weighted by atomic mass is 15.0. The van der Waals surface area contributed by atoms with Gasteiger partial charge in [0.05, 0.1) is 11.2 Å². The molecule has 0 bridgehead atoms. The van der Waals surface area contributed by atoms with Crippen LogP contribution in [0.15, 0.2) is 36.4 Å². The van der Waals surface area contributed by atoms with Crippen molar-refractivity contribution < 1.29 is 0 Å². The summed E-state index contributed by atoms with van der Waals surface area (Å²) in [6, 6.07) is 12.2. The summed E-state index contributed by atoms with van der Waals surface area (Å²) in [4.78, 5) is 9.22. The Morgan fingerprint density at radius 1 is 1.05 bits per heavy atom. The van der Waals surface area contributed by atoms with Gasteiger partial charge in [-0.25, -0.2) is 9.97 Å². The Morgan fingerprint density at radius 3 is 2.26 bits per heavy atom. The first-order chi connectivity index (χ1) is 9.09. The van der Waals surface area contributed by atoms with Gasteiger partial charge in [0.25, 0.3) is 0 Å². The Hall–Kier alpha value is -1.74. The van der Waals surface area contributed by atoms with E-state index in [0.717, 1.165) is 35.6 Å². The molecule has 0 aliphatic heterocycles. The predicted octanol–water partition coefficient (Wildman–Crippen LogP) is 3.43.